The molecule has 9 nitrogen and oxygen atoms in total. The van der Waals surface area contributed by atoms with Crippen molar-refractivity contribution in [2.24, 2.45) is 11.8 Å². The van der Waals surface area contributed by atoms with E-state index >= 15 is 0 Å². The molecule has 0 aromatic carbocycles. The van der Waals surface area contributed by atoms with Crippen LogP contribution in [0.15, 0.2) is 6.33 Å². The number of hydrogen-bond acceptors (Lipinski definition) is 8. The molecule has 9 heteroatoms. The summed E-state index contributed by atoms with van der Waals surface area (Å²) in [6.07, 6.45) is 2.81. The molecule has 2 rings (SSSR count). The first kappa shape index (κ1) is 13.4. The van der Waals surface area contributed by atoms with Crippen LogP contribution in [0.2, 0.25) is 0 Å². The first-order valence-electron chi connectivity index (χ1n) is 5.99. The lowest BCUT2D eigenvalue weighted by Gasteiger charge is -2.31. The minimum absolute atomic E-state index is 0.000665. The second-order valence-corrected chi connectivity index (χ2v) is 4.41. The lowest BCUT2D eigenvalue weighted by molar-refractivity contribution is -0.383. The van der Waals surface area contributed by atoms with E-state index in [1.807, 2.05) is 4.90 Å². The molecule has 104 valence electrons. The van der Waals surface area contributed by atoms with Crippen molar-refractivity contribution in [1.82, 2.24) is 9.97 Å². The van der Waals surface area contributed by atoms with Gasteiger partial charge in [-0.25, -0.2) is 15.8 Å². The molecule has 0 aliphatic carbocycles. The number of hydrazine groups is 1. The van der Waals surface area contributed by atoms with Gasteiger partial charge in [-0.3, -0.25) is 10.1 Å². The van der Waals surface area contributed by atoms with Crippen molar-refractivity contribution in [3.05, 3.63) is 16.4 Å². The lowest BCUT2D eigenvalue weighted by Crippen LogP contribution is -2.36. The molecule has 19 heavy (non-hydrogen) atoms. The number of nitro groups is 1. The predicted octanol–water partition coefficient (Wildman–Crippen LogP) is -0.121. The van der Waals surface area contributed by atoms with E-state index in [1.165, 1.54) is 6.33 Å². The summed E-state index contributed by atoms with van der Waals surface area (Å²) in [5, 5.41) is 20.2. The van der Waals surface area contributed by atoms with Gasteiger partial charge in [0, 0.05) is 19.7 Å². The number of aromatic nitrogens is 2. The highest BCUT2D eigenvalue weighted by atomic mass is 16.6. The smallest absolute Gasteiger partial charge is 0.354 e. The molecule has 0 bridgehead atoms. The van der Waals surface area contributed by atoms with Crippen molar-refractivity contribution in [1.29, 1.82) is 0 Å². The van der Waals surface area contributed by atoms with Gasteiger partial charge in [-0.2, -0.15) is 0 Å². The number of nitrogens with zero attached hydrogens (tertiary/aromatic N) is 4. The molecule has 0 spiro atoms. The largest absolute Gasteiger partial charge is 0.396 e. The summed E-state index contributed by atoms with van der Waals surface area (Å²) < 4.78 is 0. The zero-order valence-corrected chi connectivity index (χ0v) is 10.3. The van der Waals surface area contributed by atoms with Gasteiger partial charge in [-0.1, -0.05) is 0 Å². The maximum absolute atomic E-state index is 11.1. The Kier molecular flexibility index (Phi) is 4.07. The number of aliphatic hydroxyl groups excluding tert-OH is 1. The summed E-state index contributed by atoms with van der Waals surface area (Å²) in [5.41, 5.74) is 2.00. The molecular formula is C10H16N6O3. The molecular weight excluding hydrogens is 252 g/mol. The van der Waals surface area contributed by atoms with Gasteiger partial charge in [0.05, 0.1) is 4.92 Å². The maximum Gasteiger partial charge on any atom is 0.354 e. The van der Waals surface area contributed by atoms with Crippen molar-refractivity contribution in [3.63, 3.8) is 0 Å². The number of nitrogens with two attached hydrogens (primary N) is 1. The number of hydrogen-bond donors (Lipinski definition) is 3. The van der Waals surface area contributed by atoms with Crippen molar-refractivity contribution < 1.29 is 10.0 Å². The quantitative estimate of drug-likeness (QED) is 0.391. The Morgan fingerprint density at radius 3 is 2.74 bits per heavy atom. The number of nitrogen functional groups attached to an aromatic ring is 1. The fourth-order valence-electron chi connectivity index (χ4n) is 2.20. The molecule has 1 aliphatic heterocycles. The Balaban J connectivity index is 2.27. The minimum Gasteiger partial charge on any atom is -0.396 e. The monoisotopic (exact) mass is 268 g/mol. The van der Waals surface area contributed by atoms with E-state index in [0.717, 1.165) is 12.8 Å². The standard InChI is InChI=1S/C10H16N6O3/c11-14-9-8(16(18)19)10(13-6-12-9)15-3-1-7(5-17)2-4-15/h6-7,17H,1-5,11H2,(H,12,13,14). The van der Waals surface area contributed by atoms with Crippen LogP contribution in [0.25, 0.3) is 0 Å². The average molecular weight is 268 g/mol. The zero-order valence-electron chi connectivity index (χ0n) is 10.3. The van der Waals surface area contributed by atoms with E-state index in [-0.39, 0.29) is 29.8 Å². The van der Waals surface area contributed by atoms with Crippen LogP contribution in [-0.2, 0) is 0 Å². The van der Waals surface area contributed by atoms with Crippen LogP contribution >= 0.6 is 0 Å². The molecule has 1 aromatic rings. The maximum atomic E-state index is 11.1. The molecule has 0 atom stereocenters. The molecule has 0 saturated carbocycles. The van der Waals surface area contributed by atoms with Crippen LogP contribution in [-0.4, -0.2) is 39.7 Å². The third-order valence-electron chi connectivity index (χ3n) is 3.29. The average Bonchev–Trinajstić information content (AvgIpc) is 2.46. The molecule has 1 aromatic heterocycles. The zero-order chi connectivity index (χ0) is 13.8. The molecule has 0 amide bonds. The van der Waals surface area contributed by atoms with Gasteiger partial charge in [0.2, 0.25) is 11.6 Å². The number of aliphatic hydroxyl groups is 1. The second-order valence-electron chi connectivity index (χ2n) is 4.41. The number of rotatable bonds is 4. The van der Waals surface area contributed by atoms with E-state index in [2.05, 4.69) is 15.4 Å². The predicted molar refractivity (Wildman–Crippen MR) is 68.5 cm³/mol. The van der Waals surface area contributed by atoms with Crippen LogP contribution in [0.5, 0.6) is 0 Å². The number of anilines is 2. The highest BCUT2D eigenvalue weighted by Gasteiger charge is 2.29. The Bertz CT molecular complexity index is 461. The Morgan fingerprint density at radius 2 is 2.21 bits per heavy atom. The van der Waals surface area contributed by atoms with E-state index in [9.17, 15) is 10.1 Å². The SMILES string of the molecule is NNc1ncnc(N2CCC(CO)CC2)c1[N+](=O)[O-]. The van der Waals surface area contributed by atoms with Crippen molar-refractivity contribution >= 4 is 17.3 Å². The van der Waals surface area contributed by atoms with Gasteiger partial charge in [-0.05, 0) is 18.8 Å². The van der Waals surface area contributed by atoms with E-state index in [0.29, 0.717) is 13.1 Å². The van der Waals surface area contributed by atoms with E-state index < -0.39 is 4.92 Å². The van der Waals surface area contributed by atoms with Crippen LogP contribution in [0, 0.1) is 16.0 Å². The molecule has 0 radical (unpaired) electrons. The van der Waals surface area contributed by atoms with Gasteiger partial charge >= 0.3 is 5.69 Å². The van der Waals surface area contributed by atoms with Gasteiger partial charge in [0.1, 0.15) is 6.33 Å². The Morgan fingerprint density at radius 1 is 1.53 bits per heavy atom. The summed E-state index contributed by atoms with van der Waals surface area (Å²) in [6.45, 7) is 1.38. The number of nitrogens with one attached hydrogen (secondary N) is 1. The molecule has 1 aliphatic rings. The van der Waals surface area contributed by atoms with Gasteiger partial charge in [-0.15, -0.1) is 0 Å². The van der Waals surface area contributed by atoms with Crippen LogP contribution in [0.4, 0.5) is 17.3 Å². The van der Waals surface area contributed by atoms with Crippen LogP contribution in [0.1, 0.15) is 12.8 Å². The highest BCUT2D eigenvalue weighted by molar-refractivity contribution is 5.69. The van der Waals surface area contributed by atoms with E-state index in [4.69, 9.17) is 10.9 Å². The first-order chi connectivity index (χ1) is 9.17. The van der Waals surface area contributed by atoms with Crippen LogP contribution in [0.3, 0.4) is 0 Å². The fraction of sp³-hybridized carbons (Fsp3) is 0.600. The third kappa shape index (κ3) is 2.71. The molecule has 4 N–H and O–H groups in total. The summed E-state index contributed by atoms with van der Waals surface area (Å²) in [5.74, 6) is 5.76. The van der Waals surface area contributed by atoms with Crippen molar-refractivity contribution in [2.75, 3.05) is 30.0 Å². The van der Waals surface area contributed by atoms with Gasteiger partial charge in [0.25, 0.3) is 0 Å². The summed E-state index contributed by atoms with van der Waals surface area (Å²) in [6, 6.07) is 0. The third-order valence-corrected chi connectivity index (χ3v) is 3.29. The van der Waals surface area contributed by atoms with Crippen molar-refractivity contribution in [2.45, 2.75) is 12.8 Å². The van der Waals surface area contributed by atoms with Gasteiger partial charge < -0.3 is 15.4 Å². The Hall–Kier alpha value is -2.00. The molecule has 1 fully saturated rings. The molecule has 0 unspecified atom stereocenters. The van der Waals surface area contributed by atoms with Crippen LogP contribution < -0.4 is 16.2 Å². The first-order valence-corrected chi connectivity index (χ1v) is 5.99. The normalized spacial score (nSPS) is 16.4. The highest BCUT2D eigenvalue weighted by Crippen LogP contribution is 2.33. The lowest BCUT2D eigenvalue weighted by atomic mass is 9.98. The second kappa shape index (κ2) is 5.76. The minimum atomic E-state index is -0.539. The topological polar surface area (TPSA) is 130 Å². The number of piperidine rings is 1. The Labute approximate surface area is 109 Å². The molecule has 2 heterocycles. The summed E-state index contributed by atoms with van der Waals surface area (Å²) in [4.78, 5) is 20.2. The fourth-order valence-corrected chi connectivity index (χ4v) is 2.20. The summed E-state index contributed by atoms with van der Waals surface area (Å²) >= 11 is 0. The van der Waals surface area contributed by atoms with Gasteiger partial charge in [0.15, 0.2) is 0 Å². The van der Waals surface area contributed by atoms with E-state index in [1.54, 1.807) is 0 Å². The summed E-state index contributed by atoms with van der Waals surface area (Å²) in [7, 11) is 0. The molecule has 1 saturated heterocycles. The van der Waals surface area contributed by atoms with Crippen molar-refractivity contribution in [3.8, 4) is 0 Å².